The summed E-state index contributed by atoms with van der Waals surface area (Å²) in [5.74, 6) is 0.476. The Balaban J connectivity index is 1.98. The summed E-state index contributed by atoms with van der Waals surface area (Å²) in [4.78, 5) is 12.2. The summed E-state index contributed by atoms with van der Waals surface area (Å²) in [5.41, 5.74) is 6.29. The zero-order chi connectivity index (χ0) is 17.5. The molecule has 0 aliphatic rings. The van der Waals surface area contributed by atoms with E-state index in [0.717, 1.165) is 17.0 Å². The van der Waals surface area contributed by atoms with Crippen molar-refractivity contribution in [3.8, 4) is 5.75 Å². The molecule has 0 unspecified atom stereocenters. The first-order valence-corrected chi connectivity index (χ1v) is 7.82. The molecule has 0 heterocycles. The molecule has 0 saturated carbocycles. The van der Waals surface area contributed by atoms with Gasteiger partial charge in [-0.2, -0.15) is 5.10 Å². The van der Waals surface area contributed by atoms with Crippen molar-refractivity contribution in [3.63, 3.8) is 0 Å². The number of rotatable bonds is 6. The van der Waals surface area contributed by atoms with E-state index < -0.39 is 6.04 Å². The van der Waals surface area contributed by atoms with Crippen LogP contribution in [0, 0.1) is 6.92 Å². The lowest BCUT2D eigenvalue weighted by Gasteiger charge is -2.16. The number of anilines is 1. The highest BCUT2D eigenvalue weighted by Crippen LogP contribution is 2.23. The van der Waals surface area contributed by atoms with Crippen LogP contribution in [0.5, 0.6) is 5.75 Å². The van der Waals surface area contributed by atoms with Crippen LogP contribution in [0.4, 0.5) is 5.69 Å². The van der Waals surface area contributed by atoms with E-state index in [-0.39, 0.29) is 5.91 Å². The van der Waals surface area contributed by atoms with E-state index >= 15 is 0 Å². The number of nitrogens with one attached hydrogen (secondary N) is 2. The second-order valence-electron chi connectivity index (χ2n) is 5.61. The van der Waals surface area contributed by atoms with Gasteiger partial charge in [-0.25, -0.2) is 5.43 Å². The first-order chi connectivity index (χ1) is 11.5. The van der Waals surface area contributed by atoms with Crippen molar-refractivity contribution in [3.05, 3.63) is 59.7 Å². The maximum Gasteiger partial charge on any atom is 0.262 e. The van der Waals surface area contributed by atoms with Crippen LogP contribution < -0.4 is 15.5 Å². The van der Waals surface area contributed by atoms with E-state index in [0.29, 0.717) is 5.75 Å². The van der Waals surface area contributed by atoms with Crippen LogP contribution in [0.2, 0.25) is 0 Å². The molecule has 0 spiro atoms. The van der Waals surface area contributed by atoms with Gasteiger partial charge < -0.3 is 10.1 Å². The standard InChI is InChI=1S/C19H23N3O2/c1-13-9-11-16(12-10-13)14(2)21-22-19(23)15(3)20-17-7-5-6-8-18(17)24-4/h5-12,15,20H,1-4H3,(H,22,23)/b21-14+/t15-/m0/s1. The Morgan fingerprint density at radius 1 is 1.12 bits per heavy atom. The van der Waals surface area contributed by atoms with E-state index in [2.05, 4.69) is 15.8 Å². The minimum atomic E-state index is -0.448. The first-order valence-electron chi connectivity index (χ1n) is 7.82. The number of amides is 1. The molecule has 0 aromatic heterocycles. The van der Waals surface area contributed by atoms with Gasteiger partial charge in [0, 0.05) is 0 Å². The molecule has 1 atom stereocenters. The fourth-order valence-corrected chi connectivity index (χ4v) is 2.16. The summed E-state index contributed by atoms with van der Waals surface area (Å²) >= 11 is 0. The maximum absolute atomic E-state index is 12.2. The van der Waals surface area contributed by atoms with E-state index in [1.165, 1.54) is 5.56 Å². The lowest BCUT2D eigenvalue weighted by molar-refractivity contribution is -0.121. The normalized spacial score (nSPS) is 12.4. The Morgan fingerprint density at radius 2 is 1.79 bits per heavy atom. The zero-order valence-corrected chi connectivity index (χ0v) is 14.5. The Kier molecular flexibility index (Phi) is 5.95. The molecule has 5 nitrogen and oxygen atoms in total. The van der Waals surface area contributed by atoms with Crippen molar-refractivity contribution >= 4 is 17.3 Å². The van der Waals surface area contributed by atoms with Gasteiger partial charge in [0.25, 0.3) is 5.91 Å². The molecule has 0 aliphatic carbocycles. The predicted molar refractivity (Wildman–Crippen MR) is 97.6 cm³/mol. The van der Waals surface area contributed by atoms with Gasteiger partial charge in [0.2, 0.25) is 0 Å². The third kappa shape index (κ3) is 4.59. The van der Waals surface area contributed by atoms with Gasteiger partial charge >= 0.3 is 0 Å². The number of para-hydroxylation sites is 2. The van der Waals surface area contributed by atoms with Crippen LogP contribution >= 0.6 is 0 Å². The van der Waals surface area contributed by atoms with Crippen molar-refractivity contribution in [2.75, 3.05) is 12.4 Å². The second-order valence-corrected chi connectivity index (χ2v) is 5.61. The van der Waals surface area contributed by atoms with Gasteiger partial charge in [0.15, 0.2) is 0 Å². The number of benzene rings is 2. The summed E-state index contributed by atoms with van der Waals surface area (Å²) < 4.78 is 5.27. The molecule has 2 N–H and O–H groups in total. The molecule has 0 saturated heterocycles. The second kappa shape index (κ2) is 8.15. The Labute approximate surface area is 142 Å². The van der Waals surface area contributed by atoms with Crippen LogP contribution in [0.1, 0.15) is 25.0 Å². The fourth-order valence-electron chi connectivity index (χ4n) is 2.16. The van der Waals surface area contributed by atoms with Gasteiger partial charge in [-0.3, -0.25) is 4.79 Å². The number of hydrazone groups is 1. The molecule has 0 aliphatic heterocycles. The highest BCUT2D eigenvalue weighted by molar-refractivity contribution is 5.99. The van der Waals surface area contributed by atoms with Gasteiger partial charge in [-0.15, -0.1) is 0 Å². The number of carbonyl (C=O) groups is 1. The Morgan fingerprint density at radius 3 is 2.46 bits per heavy atom. The van der Waals surface area contributed by atoms with Gasteiger partial charge in [0.05, 0.1) is 18.5 Å². The molecule has 0 fully saturated rings. The summed E-state index contributed by atoms with van der Waals surface area (Å²) in [6, 6.07) is 15.0. The summed E-state index contributed by atoms with van der Waals surface area (Å²) in [7, 11) is 1.60. The highest BCUT2D eigenvalue weighted by Gasteiger charge is 2.14. The third-order valence-corrected chi connectivity index (χ3v) is 3.68. The van der Waals surface area contributed by atoms with Crippen molar-refractivity contribution < 1.29 is 9.53 Å². The molecule has 1 amide bonds. The fraction of sp³-hybridized carbons (Fsp3) is 0.263. The number of hydrogen-bond acceptors (Lipinski definition) is 4. The monoisotopic (exact) mass is 325 g/mol. The zero-order valence-electron chi connectivity index (χ0n) is 14.5. The molecule has 0 radical (unpaired) electrons. The average molecular weight is 325 g/mol. The molecule has 2 aromatic carbocycles. The summed E-state index contributed by atoms with van der Waals surface area (Å²) in [6.45, 7) is 5.67. The maximum atomic E-state index is 12.2. The minimum absolute atomic E-state index is 0.215. The number of hydrogen-bond donors (Lipinski definition) is 2. The molecule has 2 rings (SSSR count). The van der Waals surface area contributed by atoms with Crippen molar-refractivity contribution in [2.45, 2.75) is 26.8 Å². The van der Waals surface area contributed by atoms with Crippen LogP contribution in [0.3, 0.4) is 0 Å². The predicted octanol–water partition coefficient (Wildman–Crippen LogP) is 3.34. The highest BCUT2D eigenvalue weighted by atomic mass is 16.5. The summed E-state index contributed by atoms with van der Waals surface area (Å²) in [6.07, 6.45) is 0. The van der Waals surface area contributed by atoms with Crippen molar-refractivity contribution in [1.29, 1.82) is 0 Å². The number of aryl methyl sites for hydroxylation is 1. The third-order valence-electron chi connectivity index (χ3n) is 3.68. The molecule has 24 heavy (non-hydrogen) atoms. The SMILES string of the molecule is COc1ccccc1N[C@@H](C)C(=O)N/N=C(\C)c1ccc(C)cc1. The number of methoxy groups -OCH3 is 1. The molecule has 2 aromatic rings. The molecular weight excluding hydrogens is 302 g/mol. The number of carbonyl (C=O) groups excluding carboxylic acids is 1. The van der Waals surface area contributed by atoms with E-state index in [1.807, 2.05) is 62.4 Å². The lowest BCUT2D eigenvalue weighted by Crippen LogP contribution is -2.35. The molecule has 0 bridgehead atoms. The Hall–Kier alpha value is -2.82. The van der Waals surface area contributed by atoms with Crippen LogP contribution in [0.15, 0.2) is 53.6 Å². The number of nitrogens with zero attached hydrogens (tertiary/aromatic N) is 1. The van der Waals surface area contributed by atoms with E-state index in [1.54, 1.807) is 14.0 Å². The van der Waals surface area contributed by atoms with Crippen LogP contribution in [0.25, 0.3) is 0 Å². The van der Waals surface area contributed by atoms with Crippen molar-refractivity contribution in [2.24, 2.45) is 5.10 Å². The van der Waals surface area contributed by atoms with Crippen LogP contribution in [-0.2, 0) is 4.79 Å². The lowest BCUT2D eigenvalue weighted by atomic mass is 10.1. The van der Waals surface area contributed by atoms with E-state index in [4.69, 9.17) is 4.74 Å². The Bertz CT molecular complexity index is 724. The minimum Gasteiger partial charge on any atom is -0.495 e. The summed E-state index contributed by atoms with van der Waals surface area (Å²) in [5, 5.41) is 7.30. The van der Waals surface area contributed by atoms with Gasteiger partial charge in [-0.1, -0.05) is 42.0 Å². The van der Waals surface area contributed by atoms with Crippen molar-refractivity contribution in [1.82, 2.24) is 5.43 Å². The topological polar surface area (TPSA) is 62.7 Å². The van der Waals surface area contributed by atoms with Crippen LogP contribution in [-0.4, -0.2) is 24.8 Å². The molecule has 5 heteroatoms. The molecular formula is C19H23N3O2. The van der Waals surface area contributed by atoms with E-state index in [9.17, 15) is 4.79 Å². The smallest absolute Gasteiger partial charge is 0.262 e. The van der Waals surface area contributed by atoms with Gasteiger partial charge in [0.1, 0.15) is 11.8 Å². The average Bonchev–Trinajstić information content (AvgIpc) is 2.60. The molecule has 126 valence electrons. The number of ether oxygens (including phenoxy) is 1. The quantitative estimate of drug-likeness (QED) is 0.632. The van der Waals surface area contributed by atoms with Gasteiger partial charge in [-0.05, 0) is 38.5 Å². The first kappa shape index (κ1) is 17.5. The largest absolute Gasteiger partial charge is 0.495 e.